The molecule has 0 radical (unpaired) electrons. The number of hydrogen-bond donors (Lipinski definition) is 2. The summed E-state index contributed by atoms with van der Waals surface area (Å²) in [4.78, 5) is 18.3. The van der Waals surface area contributed by atoms with Crippen LogP contribution in [0.2, 0.25) is 0 Å². The molecule has 0 amide bonds. The summed E-state index contributed by atoms with van der Waals surface area (Å²) in [5, 5.41) is 0. The predicted octanol–water partition coefficient (Wildman–Crippen LogP) is 0.815. The molecule has 4 heteroatoms. The van der Waals surface area contributed by atoms with Gasteiger partial charge >= 0.3 is 0 Å². The average molecular weight is 193 g/mol. The largest absolute Gasteiger partial charge is 0.351 e. The number of rotatable bonds is 5. The van der Waals surface area contributed by atoms with Gasteiger partial charge in [-0.1, -0.05) is 12.2 Å². The molecule has 1 atom stereocenters. The first kappa shape index (κ1) is 10.7. The average Bonchev–Trinajstić information content (AvgIpc) is 2.55. The Bertz CT molecular complexity index is 316. The second-order valence-corrected chi connectivity index (χ2v) is 3.47. The van der Waals surface area contributed by atoms with E-state index < -0.39 is 6.04 Å². The van der Waals surface area contributed by atoms with Gasteiger partial charge in [-0.05, 0) is 6.92 Å². The van der Waals surface area contributed by atoms with Gasteiger partial charge in [-0.2, -0.15) is 0 Å². The number of ketones is 1. The molecule has 76 valence electrons. The van der Waals surface area contributed by atoms with Crippen LogP contribution in [0.1, 0.15) is 19.0 Å². The van der Waals surface area contributed by atoms with E-state index in [0.29, 0.717) is 12.8 Å². The van der Waals surface area contributed by atoms with Crippen molar-refractivity contribution >= 4 is 5.78 Å². The van der Waals surface area contributed by atoms with Crippen molar-refractivity contribution < 1.29 is 4.79 Å². The van der Waals surface area contributed by atoms with Crippen LogP contribution in [-0.4, -0.2) is 21.8 Å². The summed E-state index contributed by atoms with van der Waals surface area (Å²) in [7, 11) is 0. The minimum absolute atomic E-state index is 0.0144. The molecule has 0 aliphatic rings. The number of H-pyrrole nitrogens is 1. The SMILES string of the molecule is C=C(C)CC(=O)[C@@H](N)Cc1c[nH]cn1. The number of hydrogen-bond acceptors (Lipinski definition) is 3. The summed E-state index contributed by atoms with van der Waals surface area (Å²) in [6.07, 6.45) is 4.15. The maximum Gasteiger partial charge on any atom is 0.153 e. The van der Waals surface area contributed by atoms with Gasteiger partial charge in [0.2, 0.25) is 0 Å². The molecular weight excluding hydrogens is 178 g/mol. The van der Waals surface area contributed by atoms with E-state index in [1.54, 1.807) is 12.5 Å². The Hall–Kier alpha value is -1.42. The van der Waals surface area contributed by atoms with Crippen LogP contribution >= 0.6 is 0 Å². The van der Waals surface area contributed by atoms with Crippen molar-refractivity contribution in [3.8, 4) is 0 Å². The standard InChI is InChI=1S/C10H15N3O/c1-7(2)3-10(14)9(11)4-8-5-12-6-13-8/h5-6,9H,1,3-4,11H2,2H3,(H,12,13)/t9-/m0/s1. The number of aromatic amines is 1. The van der Waals surface area contributed by atoms with Gasteiger partial charge in [0, 0.05) is 19.0 Å². The van der Waals surface area contributed by atoms with Crippen LogP contribution in [-0.2, 0) is 11.2 Å². The number of imidazole rings is 1. The van der Waals surface area contributed by atoms with E-state index in [1.165, 1.54) is 0 Å². The van der Waals surface area contributed by atoms with Crippen LogP contribution in [0.25, 0.3) is 0 Å². The lowest BCUT2D eigenvalue weighted by atomic mass is 10.0. The van der Waals surface area contributed by atoms with Crippen molar-refractivity contribution in [2.45, 2.75) is 25.8 Å². The number of carbonyl (C=O) groups is 1. The topological polar surface area (TPSA) is 71.8 Å². The molecular formula is C10H15N3O. The summed E-state index contributed by atoms with van der Waals surface area (Å²) in [6.45, 7) is 5.49. The number of allylic oxidation sites excluding steroid dienone is 1. The van der Waals surface area contributed by atoms with Crippen molar-refractivity contribution in [3.63, 3.8) is 0 Å². The van der Waals surface area contributed by atoms with Crippen LogP contribution in [0.15, 0.2) is 24.7 Å². The Morgan fingerprint density at radius 2 is 2.50 bits per heavy atom. The Morgan fingerprint density at radius 1 is 1.79 bits per heavy atom. The lowest BCUT2D eigenvalue weighted by Gasteiger charge is -2.08. The number of nitrogens with one attached hydrogen (secondary N) is 1. The molecule has 0 saturated carbocycles. The van der Waals surface area contributed by atoms with Gasteiger partial charge in [0.1, 0.15) is 0 Å². The molecule has 4 nitrogen and oxygen atoms in total. The van der Waals surface area contributed by atoms with Gasteiger partial charge in [-0.15, -0.1) is 0 Å². The Kier molecular flexibility index (Phi) is 3.59. The van der Waals surface area contributed by atoms with E-state index in [1.807, 2.05) is 6.92 Å². The second-order valence-electron chi connectivity index (χ2n) is 3.47. The molecule has 0 aliphatic carbocycles. The van der Waals surface area contributed by atoms with Crippen LogP contribution in [0.4, 0.5) is 0 Å². The highest BCUT2D eigenvalue weighted by atomic mass is 16.1. The first-order chi connectivity index (χ1) is 6.59. The fourth-order valence-corrected chi connectivity index (χ4v) is 1.17. The van der Waals surface area contributed by atoms with Gasteiger partial charge in [0.15, 0.2) is 5.78 Å². The monoisotopic (exact) mass is 193 g/mol. The Balaban J connectivity index is 2.46. The van der Waals surface area contributed by atoms with E-state index in [2.05, 4.69) is 16.5 Å². The third-order valence-electron chi connectivity index (χ3n) is 1.87. The Labute approximate surface area is 83.2 Å². The third-order valence-corrected chi connectivity index (χ3v) is 1.87. The van der Waals surface area contributed by atoms with E-state index in [4.69, 9.17) is 5.73 Å². The van der Waals surface area contributed by atoms with E-state index in [9.17, 15) is 4.79 Å². The lowest BCUT2D eigenvalue weighted by molar-refractivity contribution is -0.119. The molecule has 0 aromatic carbocycles. The molecule has 0 unspecified atom stereocenters. The molecule has 1 aromatic rings. The van der Waals surface area contributed by atoms with E-state index in [-0.39, 0.29) is 5.78 Å². The highest BCUT2D eigenvalue weighted by Gasteiger charge is 2.14. The van der Waals surface area contributed by atoms with Gasteiger partial charge < -0.3 is 10.7 Å². The molecule has 0 fully saturated rings. The molecule has 14 heavy (non-hydrogen) atoms. The van der Waals surface area contributed by atoms with E-state index >= 15 is 0 Å². The number of Topliss-reactive ketones (excluding diaryl/α,β-unsaturated/α-hetero) is 1. The lowest BCUT2D eigenvalue weighted by Crippen LogP contribution is -2.32. The zero-order valence-electron chi connectivity index (χ0n) is 8.29. The van der Waals surface area contributed by atoms with Gasteiger partial charge in [0.05, 0.1) is 18.1 Å². The van der Waals surface area contributed by atoms with Gasteiger partial charge in [-0.3, -0.25) is 4.79 Å². The van der Waals surface area contributed by atoms with Crippen LogP contribution in [0.5, 0.6) is 0 Å². The number of carbonyl (C=O) groups excluding carboxylic acids is 1. The first-order valence-corrected chi connectivity index (χ1v) is 4.50. The van der Waals surface area contributed by atoms with Crippen LogP contribution < -0.4 is 5.73 Å². The summed E-state index contributed by atoms with van der Waals surface area (Å²) in [6, 6.07) is -0.477. The minimum Gasteiger partial charge on any atom is -0.351 e. The predicted molar refractivity (Wildman–Crippen MR) is 54.7 cm³/mol. The number of nitrogens with zero attached hydrogens (tertiary/aromatic N) is 1. The summed E-state index contributed by atoms with van der Waals surface area (Å²) in [5.41, 5.74) is 7.36. The van der Waals surface area contributed by atoms with Gasteiger partial charge in [0.25, 0.3) is 0 Å². The van der Waals surface area contributed by atoms with Crippen molar-refractivity contribution in [2.24, 2.45) is 5.73 Å². The maximum atomic E-state index is 11.5. The maximum absolute atomic E-state index is 11.5. The van der Waals surface area contributed by atoms with Gasteiger partial charge in [-0.25, -0.2) is 4.98 Å². The first-order valence-electron chi connectivity index (χ1n) is 4.50. The van der Waals surface area contributed by atoms with Crippen molar-refractivity contribution in [3.05, 3.63) is 30.4 Å². The molecule has 0 saturated heterocycles. The molecule has 1 heterocycles. The highest BCUT2D eigenvalue weighted by molar-refractivity contribution is 5.85. The summed E-state index contributed by atoms with van der Waals surface area (Å²) in [5.74, 6) is 0.0144. The molecule has 1 rings (SSSR count). The fourth-order valence-electron chi connectivity index (χ4n) is 1.17. The molecule has 1 aromatic heterocycles. The third kappa shape index (κ3) is 3.14. The zero-order valence-corrected chi connectivity index (χ0v) is 8.29. The highest BCUT2D eigenvalue weighted by Crippen LogP contribution is 2.03. The van der Waals surface area contributed by atoms with Crippen molar-refractivity contribution in [1.29, 1.82) is 0 Å². The van der Waals surface area contributed by atoms with Crippen LogP contribution in [0, 0.1) is 0 Å². The van der Waals surface area contributed by atoms with Crippen LogP contribution in [0.3, 0.4) is 0 Å². The molecule has 3 N–H and O–H groups in total. The Morgan fingerprint density at radius 3 is 3.00 bits per heavy atom. The number of nitrogens with two attached hydrogens (primary N) is 1. The summed E-state index contributed by atoms with van der Waals surface area (Å²) < 4.78 is 0. The molecule has 0 bridgehead atoms. The minimum atomic E-state index is -0.477. The zero-order chi connectivity index (χ0) is 10.6. The summed E-state index contributed by atoms with van der Waals surface area (Å²) >= 11 is 0. The molecule has 0 aliphatic heterocycles. The normalized spacial score (nSPS) is 12.4. The van der Waals surface area contributed by atoms with Crippen molar-refractivity contribution in [1.82, 2.24) is 9.97 Å². The van der Waals surface area contributed by atoms with E-state index in [0.717, 1.165) is 11.3 Å². The second kappa shape index (κ2) is 4.72. The van der Waals surface area contributed by atoms with Crippen molar-refractivity contribution in [2.75, 3.05) is 0 Å². The quantitative estimate of drug-likeness (QED) is 0.680. The molecule has 0 spiro atoms. The fraction of sp³-hybridized carbons (Fsp3) is 0.400. The smallest absolute Gasteiger partial charge is 0.153 e. The number of aromatic nitrogens is 2.